The van der Waals surface area contributed by atoms with Gasteiger partial charge in [-0.15, -0.1) is 0 Å². The molecule has 7 heteroatoms. The molecule has 120 valence electrons. The van der Waals surface area contributed by atoms with E-state index < -0.39 is 0 Å². The number of nitro groups is 1. The van der Waals surface area contributed by atoms with E-state index in [1.165, 1.54) is 12.8 Å². The lowest BCUT2D eigenvalue weighted by Gasteiger charge is -2.32. The Balaban J connectivity index is 1.38. The normalized spacial score (nSPS) is 19.0. The molecule has 2 fully saturated rings. The number of aromatic nitrogens is 2. The molecule has 2 heterocycles. The van der Waals surface area contributed by atoms with Crippen LogP contribution < -0.4 is 4.90 Å². The summed E-state index contributed by atoms with van der Waals surface area (Å²) in [6.07, 6.45) is 4.28. The highest BCUT2D eigenvalue weighted by Gasteiger charge is 2.31. The van der Waals surface area contributed by atoms with Gasteiger partial charge in [-0.05, 0) is 37.8 Å². The first-order chi connectivity index (χ1) is 11.2. The molecule has 7 nitrogen and oxygen atoms in total. The Bertz CT molecular complexity index is 700. The molecular formula is C16H18N4O3. The van der Waals surface area contributed by atoms with Crippen LogP contribution in [0.1, 0.15) is 49.2 Å². The van der Waals surface area contributed by atoms with E-state index in [2.05, 4.69) is 15.0 Å². The summed E-state index contributed by atoms with van der Waals surface area (Å²) in [7, 11) is 0. The summed E-state index contributed by atoms with van der Waals surface area (Å²) >= 11 is 0. The molecule has 1 aromatic carbocycles. The van der Waals surface area contributed by atoms with Gasteiger partial charge in [0.2, 0.25) is 5.89 Å². The molecule has 1 aliphatic carbocycles. The van der Waals surface area contributed by atoms with E-state index in [1.54, 1.807) is 12.1 Å². The minimum absolute atomic E-state index is 0.128. The summed E-state index contributed by atoms with van der Waals surface area (Å²) < 4.78 is 5.35. The van der Waals surface area contributed by atoms with Crippen LogP contribution in [0.2, 0.25) is 0 Å². The Labute approximate surface area is 133 Å². The van der Waals surface area contributed by atoms with Crippen LogP contribution in [0.15, 0.2) is 28.8 Å². The molecule has 0 bridgehead atoms. The Morgan fingerprint density at radius 1 is 1.09 bits per heavy atom. The number of rotatable bonds is 4. The van der Waals surface area contributed by atoms with Gasteiger partial charge in [0.05, 0.1) is 4.92 Å². The maximum Gasteiger partial charge on any atom is 0.269 e. The maximum absolute atomic E-state index is 10.7. The minimum Gasteiger partial charge on any atom is -0.371 e. The van der Waals surface area contributed by atoms with E-state index in [1.807, 2.05) is 12.1 Å². The van der Waals surface area contributed by atoms with E-state index >= 15 is 0 Å². The molecule has 23 heavy (non-hydrogen) atoms. The van der Waals surface area contributed by atoms with Gasteiger partial charge in [-0.2, -0.15) is 4.98 Å². The van der Waals surface area contributed by atoms with Crippen molar-refractivity contribution in [1.82, 2.24) is 10.1 Å². The van der Waals surface area contributed by atoms with Crippen molar-refractivity contribution in [2.45, 2.75) is 37.5 Å². The minimum atomic E-state index is -0.371. The van der Waals surface area contributed by atoms with Crippen LogP contribution in [0.3, 0.4) is 0 Å². The highest BCUT2D eigenvalue weighted by Crippen LogP contribution is 2.40. The number of hydrogen-bond donors (Lipinski definition) is 0. The molecule has 0 radical (unpaired) electrons. The third-order valence-electron chi connectivity index (χ3n) is 4.67. The Kier molecular flexibility index (Phi) is 3.48. The van der Waals surface area contributed by atoms with E-state index in [-0.39, 0.29) is 10.6 Å². The predicted octanol–water partition coefficient (Wildman–Crippen LogP) is 3.24. The second-order valence-corrected chi connectivity index (χ2v) is 6.30. The van der Waals surface area contributed by atoms with E-state index in [0.29, 0.717) is 11.8 Å². The van der Waals surface area contributed by atoms with Gasteiger partial charge in [-0.25, -0.2) is 0 Å². The van der Waals surface area contributed by atoms with Gasteiger partial charge in [-0.1, -0.05) is 5.16 Å². The van der Waals surface area contributed by atoms with Gasteiger partial charge < -0.3 is 9.42 Å². The second-order valence-electron chi connectivity index (χ2n) is 6.30. The van der Waals surface area contributed by atoms with Gasteiger partial charge >= 0.3 is 0 Å². The lowest BCUT2D eigenvalue weighted by atomic mass is 9.96. The zero-order valence-electron chi connectivity index (χ0n) is 12.7. The van der Waals surface area contributed by atoms with Crippen molar-refractivity contribution in [3.8, 4) is 0 Å². The summed E-state index contributed by atoms with van der Waals surface area (Å²) in [6, 6.07) is 6.75. The summed E-state index contributed by atoms with van der Waals surface area (Å²) in [5.74, 6) is 2.49. The summed E-state index contributed by atoms with van der Waals surface area (Å²) in [6.45, 7) is 1.80. The molecular weight excluding hydrogens is 296 g/mol. The van der Waals surface area contributed by atoms with Crippen molar-refractivity contribution in [1.29, 1.82) is 0 Å². The van der Waals surface area contributed by atoms with Gasteiger partial charge in [0.1, 0.15) is 0 Å². The molecule has 0 N–H and O–H groups in total. The summed E-state index contributed by atoms with van der Waals surface area (Å²) in [4.78, 5) is 17.1. The summed E-state index contributed by atoms with van der Waals surface area (Å²) in [5.41, 5.74) is 1.16. The van der Waals surface area contributed by atoms with Crippen LogP contribution in [0.25, 0.3) is 0 Å². The summed E-state index contributed by atoms with van der Waals surface area (Å²) in [5, 5.41) is 14.9. The zero-order chi connectivity index (χ0) is 15.8. The number of anilines is 1. The second kappa shape index (κ2) is 5.64. The molecule has 0 atom stereocenters. The number of nitrogens with zero attached hydrogens (tertiary/aromatic N) is 4. The van der Waals surface area contributed by atoms with Gasteiger partial charge in [0.25, 0.3) is 5.69 Å². The average Bonchev–Trinajstić information content (AvgIpc) is 3.32. The highest BCUT2D eigenvalue weighted by atomic mass is 16.6. The topological polar surface area (TPSA) is 85.3 Å². The number of nitro benzene ring substituents is 1. The van der Waals surface area contributed by atoms with Crippen LogP contribution in [0.5, 0.6) is 0 Å². The zero-order valence-corrected chi connectivity index (χ0v) is 12.7. The first-order valence-corrected chi connectivity index (χ1v) is 8.03. The molecule has 0 unspecified atom stereocenters. The molecule has 2 aliphatic rings. The van der Waals surface area contributed by atoms with Crippen molar-refractivity contribution in [2.24, 2.45) is 0 Å². The molecule has 0 spiro atoms. The van der Waals surface area contributed by atoms with Crippen molar-refractivity contribution in [3.05, 3.63) is 46.1 Å². The van der Waals surface area contributed by atoms with Crippen molar-refractivity contribution < 1.29 is 9.45 Å². The SMILES string of the molecule is O=[N+]([O-])c1ccc(N2CCC(c3noc(C4CC4)n3)CC2)cc1. The van der Waals surface area contributed by atoms with Crippen molar-refractivity contribution in [3.63, 3.8) is 0 Å². The van der Waals surface area contributed by atoms with Gasteiger partial charge in [0, 0.05) is 42.7 Å². The maximum atomic E-state index is 10.7. The lowest BCUT2D eigenvalue weighted by Crippen LogP contribution is -2.33. The molecule has 1 saturated carbocycles. The van der Waals surface area contributed by atoms with Gasteiger partial charge in [-0.3, -0.25) is 10.1 Å². The fourth-order valence-electron chi connectivity index (χ4n) is 3.09. The van der Waals surface area contributed by atoms with Crippen LogP contribution in [-0.4, -0.2) is 28.2 Å². The number of non-ortho nitro benzene ring substituents is 1. The molecule has 1 saturated heterocycles. The monoisotopic (exact) mass is 314 g/mol. The standard InChI is InChI=1S/C16H18N4O3/c21-20(22)14-5-3-13(4-6-14)19-9-7-11(8-10-19)15-17-16(23-18-15)12-1-2-12/h3-6,11-12H,1-2,7-10H2. The van der Waals surface area contributed by atoms with Crippen LogP contribution in [0.4, 0.5) is 11.4 Å². The Hall–Kier alpha value is -2.44. The fraction of sp³-hybridized carbons (Fsp3) is 0.500. The van der Waals surface area contributed by atoms with E-state index in [4.69, 9.17) is 4.52 Å². The third kappa shape index (κ3) is 2.91. The third-order valence-corrected chi connectivity index (χ3v) is 4.67. The molecule has 2 aromatic rings. The number of piperidine rings is 1. The molecule has 1 aliphatic heterocycles. The Morgan fingerprint density at radius 2 is 1.78 bits per heavy atom. The van der Waals surface area contributed by atoms with Crippen LogP contribution >= 0.6 is 0 Å². The van der Waals surface area contributed by atoms with Crippen LogP contribution in [-0.2, 0) is 0 Å². The lowest BCUT2D eigenvalue weighted by molar-refractivity contribution is -0.384. The molecule has 1 aromatic heterocycles. The number of benzene rings is 1. The average molecular weight is 314 g/mol. The number of hydrogen-bond acceptors (Lipinski definition) is 6. The van der Waals surface area contributed by atoms with E-state index in [0.717, 1.165) is 43.3 Å². The van der Waals surface area contributed by atoms with Crippen molar-refractivity contribution in [2.75, 3.05) is 18.0 Å². The van der Waals surface area contributed by atoms with Crippen molar-refractivity contribution >= 4 is 11.4 Å². The van der Waals surface area contributed by atoms with Gasteiger partial charge in [0.15, 0.2) is 5.82 Å². The first-order valence-electron chi connectivity index (χ1n) is 8.03. The van der Waals surface area contributed by atoms with E-state index in [9.17, 15) is 10.1 Å². The fourth-order valence-corrected chi connectivity index (χ4v) is 3.09. The first kappa shape index (κ1) is 14.2. The predicted molar refractivity (Wildman–Crippen MR) is 83.6 cm³/mol. The molecule has 4 rings (SSSR count). The quantitative estimate of drug-likeness (QED) is 0.636. The largest absolute Gasteiger partial charge is 0.371 e. The smallest absolute Gasteiger partial charge is 0.269 e. The molecule has 0 amide bonds. The van der Waals surface area contributed by atoms with Crippen LogP contribution in [0, 0.1) is 10.1 Å². The highest BCUT2D eigenvalue weighted by molar-refractivity contribution is 5.51. The Morgan fingerprint density at radius 3 is 2.39 bits per heavy atom.